The molecule has 1 aliphatic carbocycles. The van der Waals surface area contributed by atoms with Gasteiger partial charge in [-0.2, -0.15) is 0 Å². The molecule has 0 spiro atoms. The molecule has 8 nitrogen and oxygen atoms in total. The van der Waals surface area contributed by atoms with Crippen LogP contribution < -0.4 is 15.8 Å². The Morgan fingerprint density at radius 2 is 1.66 bits per heavy atom. The largest absolute Gasteiger partial charge is 0.502 e. The molecule has 0 fully saturated rings. The van der Waals surface area contributed by atoms with Gasteiger partial charge in [0.2, 0.25) is 11.3 Å². The Labute approximate surface area is 221 Å². The van der Waals surface area contributed by atoms with Crippen LogP contribution in [0.3, 0.4) is 0 Å². The monoisotopic (exact) mass is 510 g/mol. The summed E-state index contributed by atoms with van der Waals surface area (Å²) in [5.41, 5.74) is 2.04. The van der Waals surface area contributed by atoms with E-state index in [0.717, 1.165) is 29.7 Å². The number of carbonyl (C=O) groups excluding carboxylic acids is 2. The van der Waals surface area contributed by atoms with E-state index in [9.17, 15) is 19.5 Å². The van der Waals surface area contributed by atoms with E-state index in [1.165, 1.54) is 12.3 Å². The summed E-state index contributed by atoms with van der Waals surface area (Å²) < 4.78 is 1.56. The van der Waals surface area contributed by atoms with Gasteiger partial charge in [0, 0.05) is 30.4 Å². The average Bonchev–Trinajstić information content (AvgIpc) is 2.93. The highest BCUT2D eigenvalue weighted by Crippen LogP contribution is 2.32. The minimum absolute atomic E-state index is 0.0692. The minimum Gasteiger partial charge on any atom is -0.502 e. The number of amides is 2. The molecule has 1 atom stereocenters. The first-order valence-electron chi connectivity index (χ1n) is 12.7. The maximum Gasteiger partial charge on any atom is 0.278 e. The summed E-state index contributed by atoms with van der Waals surface area (Å²) in [7, 11) is 0. The normalized spacial score (nSPS) is 15.7. The standard InChI is InChI=1S/C30H30N4O4/c1-21(19-26(36)31-24-15-9-4-10-16-24)32-20-34(33-18-17-25(35)29(37)28(33)30(32)38)27(22-11-5-2-6-12-22)23-13-7-3-8-14-23/h2-9,11-15,17-18,21,27,37H,10,16,19-20H2,1H3,(H,31,36). The van der Waals surface area contributed by atoms with Crippen molar-refractivity contribution in [2.45, 2.75) is 38.3 Å². The number of aromatic nitrogens is 1. The van der Waals surface area contributed by atoms with Crippen LogP contribution in [0.25, 0.3) is 0 Å². The van der Waals surface area contributed by atoms with Crippen LogP contribution in [-0.4, -0.2) is 39.2 Å². The number of carbonyl (C=O) groups is 2. The molecule has 3 aromatic rings. The second kappa shape index (κ2) is 10.8. The van der Waals surface area contributed by atoms with Crippen LogP contribution in [0.1, 0.15) is 53.8 Å². The number of nitrogens with one attached hydrogen (secondary N) is 1. The van der Waals surface area contributed by atoms with Crippen molar-refractivity contribution in [3.63, 3.8) is 0 Å². The first-order valence-corrected chi connectivity index (χ1v) is 12.7. The number of fused-ring (bicyclic) bond motifs is 1. The van der Waals surface area contributed by atoms with E-state index in [4.69, 9.17) is 0 Å². The van der Waals surface area contributed by atoms with Gasteiger partial charge in [-0.1, -0.05) is 72.8 Å². The van der Waals surface area contributed by atoms with Crippen molar-refractivity contribution in [3.8, 4) is 5.75 Å². The lowest BCUT2D eigenvalue weighted by Crippen LogP contribution is -2.58. The number of rotatable bonds is 7. The van der Waals surface area contributed by atoms with Gasteiger partial charge in [0.25, 0.3) is 5.91 Å². The number of pyridine rings is 1. The Balaban J connectivity index is 1.53. The van der Waals surface area contributed by atoms with Crippen molar-refractivity contribution in [2.24, 2.45) is 0 Å². The van der Waals surface area contributed by atoms with Gasteiger partial charge in [0.15, 0.2) is 11.4 Å². The van der Waals surface area contributed by atoms with E-state index in [1.54, 1.807) is 16.5 Å². The molecule has 2 heterocycles. The first-order chi connectivity index (χ1) is 18.4. The van der Waals surface area contributed by atoms with Gasteiger partial charge in [0.05, 0.1) is 6.04 Å². The van der Waals surface area contributed by atoms with Crippen molar-refractivity contribution < 1.29 is 14.7 Å². The number of hydrogen-bond donors (Lipinski definition) is 2. The summed E-state index contributed by atoms with van der Waals surface area (Å²) >= 11 is 0. The van der Waals surface area contributed by atoms with Gasteiger partial charge in [-0.15, -0.1) is 0 Å². The molecule has 2 N–H and O–H groups in total. The summed E-state index contributed by atoms with van der Waals surface area (Å²) in [6.45, 7) is 1.95. The lowest BCUT2D eigenvalue weighted by molar-refractivity contribution is -0.121. The van der Waals surface area contributed by atoms with Crippen molar-refractivity contribution >= 4 is 11.8 Å². The summed E-state index contributed by atoms with van der Waals surface area (Å²) in [5.74, 6) is -1.30. The predicted octanol–water partition coefficient (Wildman–Crippen LogP) is 3.82. The second-order valence-corrected chi connectivity index (χ2v) is 9.56. The van der Waals surface area contributed by atoms with E-state index in [1.807, 2.05) is 83.9 Å². The van der Waals surface area contributed by atoms with Crippen LogP contribution >= 0.6 is 0 Å². The number of aromatic hydroxyl groups is 1. The van der Waals surface area contributed by atoms with Crippen LogP contribution in [-0.2, 0) is 4.79 Å². The Bertz CT molecular complexity index is 1410. The highest BCUT2D eigenvalue weighted by molar-refractivity contribution is 5.96. The molecule has 1 unspecified atom stereocenters. The highest BCUT2D eigenvalue weighted by Gasteiger charge is 2.38. The third-order valence-corrected chi connectivity index (χ3v) is 6.95. The molecule has 0 radical (unpaired) electrons. The van der Waals surface area contributed by atoms with Gasteiger partial charge >= 0.3 is 0 Å². The fourth-order valence-corrected chi connectivity index (χ4v) is 5.02. The van der Waals surface area contributed by atoms with Crippen LogP contribution in [0.15, 0.2) is 102 Å². The molecule has 2 aliphatic rings. The van der Waals surface area contributed by atoms with Gasteiger partial charge in [-0.05, 0) is 37.0 Å². The topological polar surface area (TPSA) is 94.9 Å². The summed E-state index contributed by atoms with van der Waals surface area (Å²) in [4.78, 5) is 40.5. The number of nitrogens with zero attached hydrogens (tertiary/aromatic N) is 3. The van der Waals surface area contributed by atoms with E-state index in [0.29, 0.717) is 0 Å². The Kier molecular flexibility index (Phi) is 7.13. The van der Waals surface area contributed by atoms with E-state index >= 15 is 0 Å². The van der Waals surface area contributed by atoms with Gasteiger partial charge in [-0.25, -0.2) is 0 Å². The zero-order valence-corrected chi connectivity index (χ0v) is 21.2. The highest BCUT2D eigenvalue weighted by atomic mass is 16.3. The molecule has 1 aliphatic heterocycles. The van der Waals surface area contributed by atoms with Gasteiger partial charge in [-0.3, -0.25) is 24.1 Å². The fraction of sp³-hybridized carbons (Fsp3) is 0.233. The molecule has 0 saturated heterocycles. The molecule has 2 aromatic carbocycles. The quantitative estimate of drug-likeness (QED) is 0.504. The zero-order chi connectivity index (χ0) is 26.6. The Hall–Kier alpha value is -4.59. The van der Waals surface area contributed by atoms with Crippen LogP contribution in [0.2, 0.25) is 0 Å². The van der Waals surface area contributed by atoms with Crippen molar-refractivity contribution in [2.75, 3.05) is 11.7 Å². The predicted molar refractivity (Wildman–Crippen MR) is 145 cm³/mol. The van der Waals surface area contributed by atoms with E-state index in [-0.39, 0.29) is 30.7 Å². The lowest BCUT2D eigenvalue weighted by atomic mass is 9.98. The molecule has 0 saturated carbocycles. The van der Waals surface area contributed by atoms with Crippen LogP contribution in [0, 0.1) is 0 Å². The molecule has 194 valence electrons. The first kappa shape index (κ1) is 25.1. The van der Waals surface area contributed by atoms with Crippen LogP contribution in [0.5, 0.6) is 5.75 Å². The third-order valence-electron chi connectivity index (χ3n) is 6.95. The third kappa shape index (κ3) is 4.98. The maximum atomic E-state index is 13.7. The van der Waals surface area contributed by atoms with Crippen LogP contribution in [0.4, 0.5) is 0 Å². The van der Waals surface area contributed by atoms with E-state index < -0.39 is 23.1 Å². The second-order valence-electron chi connectivity index (χ2n) is 9.56. The SMILES string of the molecule is CC(CC(=O)NC1=CC=CCC1)N1CN(C(c2ccccc2)c2ccccc2)n2ccc(=O)c(O)c2C1=O. The van der Waals surface area contributed by atoms with Gasteiger partial charge in [0.1, 0.15) is 6.67 Å². The fourth-order valence-electron chi connectivity index (χ4n) is 5.02. The average molecular weight is 511 g/mol. The molecule has 38 heavy (non-hydrogen) atoms. The molecule has 5 rings (SSSR count). The molecular formula is C30H30N4O4. The lowest BCUT2D eigenvalue weighted by Gasteiger charge is -2.45. The number of allylic oxidation sites excluding steroid dienone is 4. The number of hydrogen-bond acceptors (Lipinski definition) is 5. The molecule has 1 aromatic heterocycles. The van der Waals surface area contributed by atoms with Gasteiger partial charge < -0.3 is 15.3 Å². The molecular weight excluding hydrogens is 480 g/mol. The smallest absolute Gasteiger partial charge is 0.278 e. The minimum atomic E-state index is -0.634. The summed E-state index contributed by atoms with van der Waals surface area (Å²) in [6.07, 6.45) is 9.05. The molecule has 0 bridgehead atoms. The van der Waals surface area contributed by atoms with Crippen molar-refractivity contribution in [3.05, 3.63) is 124 Å². The zero-order valence-electron chi connectivity index (χ0n) is 21.2. The maximum absolute atomic E-state index is 13.7. The summed E-state index contributed by atoms with van der Waals surface area (Å²) in [6, 6.07) is 20.1. The number of benzene rings is 2. The Morgan fingerprint density at radius 1 is 1.00 bits per heavy atom. The molecule has 2 amide bonds. The molecule has 8 heteroatoms. The van der Waals surface area contributed by atoms with Crippen molar-refractivity contribution in [1.29, 1.82) is 0 Å². The Morgan fingerprint density at radius 3 is 2.26 bits per heavy atom. The van der Waals surface area contributed by atoms with Crippen molar-refractivity contribution in [1.82, 2.24) is 14.9 Å². The summed E-state index contributed by atoms with van der Waals surface area (Å²) in [5, 5.41) is 15.6. The van der Waals surface area contributed by atoms with E-state index in [2.05, 4.69) is 5.32 Å².